The molecule has 2 heterocycles. The SMILES string of the molecule is O=C(NCC1CCCN(C(=O)c2cc(F)cc([N+](=O)[O-])c2)C1)C1CCCN1. The molecule has 2 unspecified atom stereocenters. The van der Waals surface area contributed by atoms with Crippen LogP contribution >= 0.6 is 0 Å². The van der Waals surface area contributed by atoms with Crippen molar-refractivity contribution in [1.82, 2.24) is 15.5 Å². The van der Waals surface area contributed by atoms with Crippen molar-refractivity contribution in [1.29, 1.82) is 0 Å². The molecule has 1 aromatic carbocycles. The van der Waals surface area contributed by atoms with E-state index in [0.717, 1.165) is 50.4 Å². The summed E-state index contributed by atoms with van der Waals surface area (Å²) >= 11 is 0. The maximum Gasteiger partial charge on any atom is 0.273 e. The van der Waals surface area contributed by atoms with Crippen molar-refractivity contribution in [3.63, 3.8) is 0 Å². The number of non-ortho nitro benzene ring substituents is 1. The number of likely N-dealkylation sites (tertiary alicyclic amines) is 1. The van der Waals surface area contributed by atoms with E-state index in [1.165, 1.54) is 0 Å². The Balaban J connectivity index is 1.59. The molecule has 9 heteroatoms. The van der Waals surface area contributed by atoms with Crippen LogP contribution in [0.2, 0.25) is 0 Å². The van der Waals surface area contributed by atoms with Gasteiger partial charge in [0.15, 0.2) is 0 Å². The molecule has 0 aliphatic carbocycles. The predicted octanol–water partition coefficient (Wildman–Crippen LogP) is 1.45. The highest BCUT2D eigenvalue weighted by atomic mass is 19.1. The molecule has 27 heavy (non-hydrogen) atoms. The molecular formula is C18H23FN4O4. The van der Waals surface area contributed by atoms with E-state index in [1.54, 1.807) is 4.90 Å². The molecule has 3 rings (SSSR count). The van der Waals surface area contributed by atoms with Gasteiger partial charge in [-0.3, -0.25) is 19.7 Å². The van der Waals surface area contributed by atoms with Gasteiger partial charge in [0.05, 0.1) is 17.0 Å². The minimum Gasteiger partial charge on any atom is -0.354 e. The molecule has 0 radical (unpaired) electrons. The monoisotopic (exact) mass is 378 g/mol. The molecule has 0 bridgehead atoms. The van der Waals surface area contributed by atoms with Gasteiger partial charge >= 0.3 is 0 Å². The lowest BCUT2D eigenvalue weighted by atomic mass is 9.97. The highest BCUT2D eigenvalue weighted by molar-refractivity contribution is 5.95. The molecule has 0 aromatic heterocycles. The fraction of sp³-hybridized carbons (Fsp3) is 0.556. The molecule has 1 aromatic rings. The molecule has 8 nitrogen and oxygen atoms in total. The Bertz CT molecular complexity index is 736. The minimum absolute atomic E-state index is 0.0169. The van der Waals surface area contributed by atoms with Gasteiger partial charge in [-0.15, -0.1) is 0 Å². The molecule has 0 spiro atoms. The van der Waals surface area contributed by atoms with Gasteiger partial charge in [-0.2, -0.15) is 0 Å². The van der Waals surface area contributed by atoms with Gasteiger partial charge in [0.2, 0.25) is 5.91 Å². The summed E-state index contributed by atoms with van der Waals surface area (Å²) in [6, 6.07) is 2.77. The number of nitro benzene ring substituents is 1. The van der Waals surface area contributed by atoms with Crippen LogP contribution in [-0.2, 0) is 4.79 Å². The minimum atomic E-state index is -0.808. The quantitative estimate of drug-likeness (QED) is 0.596. The fourth-order valence-corrected chi connectivity index (χ4v) is 3.68. The van der Waals surface area contributed by atoms with E-state index in [-0.39, 0.29) is 23.4 Å². The number of hydrogen-bond donors (Lipinski definition) is 2. The Labute approximate surface area is 156 Å². The first-order chi connectivity index (χ1) is 12.9. The summed E-state index contributed by atoms with van der Waals surface area (Å²) in [6.45, 7) is 2.27. The number of carbonyl (C=O) groups excluding carboxylic acids is 2. The number of amides is 2. The number of benzene rings is 1. The van der Waals surface area contributed by atoms with Crippen molar-refractivity contribution in [3.8, 4) is 0 Å². The van der Waals surface area contributed by atoms with Crippen LogP contribution in [0.15, 0.2) is 18.2 Å². The van der Waals surface area contributed by atoms with Crippen LogP contribution in [0.5, 0.6) is 0 Å². The van der Waals surface area contributed by atoms with Gasteiger partial charge in [-0.05, 0) is 44.2 Å². The highest BCUT2D eigenvalue weighted by Gasteiger charge is 2.27. The third kappa shape index (κ3) is 4.79. The van der Waals surface area contributed by atoms with E-state index >= 15 is 0 Å². The fourth-order valence-electron chi connectivity index (χ4n) is 3.68. The maximum absolute atomic E-state index is 13.6. The van der Waals surface area contributed by atoms with E-state index in [9.17, 15) is 24.1 Å². The zero-order chi connectivity index (χ0) is 19.4. The van der Waals surface area contributed by atoms with Crippen molar-refractivity contribution in [2.75, 3.05) is 26.2 Å². The Kier molecular flexibility index (Phi) is 6.00. The van der Waals surface area contributed by atoms with Crippen molar-refractivity contribution in [2.45, 2.75) is 31.7 Å². The van der Waals surface area contributed by atoms with Gasteiger partial charge in [-0.25, -0.2) is 4.39 Å². The summed E-state index contributed by atoms with van der Waals surface area (Å²) in [5, 5.41) is 17.0. The lowest BCUT2D eigenvalue weighted by Crippen LogP contribution is -2.46. The van der Waals surface area contributed by atoms with E-state index in [4.69, 9.17) is 0 Å². The molecule has 2 fully saturated rings. The molecule has 2 N–H and O–H groups in total. The average Bonchev–Trinajstić information content (AvgIpc) is 3.20. The van der Waals surface area contributed by atoms with Gasteiger partial charge in [0.25, 0.3) is 11.6 Å². The second kappa shape index (κ2) is 8.43. The Morgan fingerprint density at radius 1 is 1.30 bits per heavy atom. The standard InChI is InChI=1S/C18H23FN4O4/c19-14-7-13(8-15(9-14)23(26)27)18(25)22-6-2-3-12(11-22)10-21-17(24)16-4-1-5-20-16/h7-9,12,16,20H,1-6,10-11H2,(H,21,24). The average molecular weight is 378 g/mol. The van der Waals surface area contributed by atoms with Crippen LogP contribution in [0.25, 0.3) is 0 Å². The highest BCUT2D eigenvalue weighted by Crippen LogP contribution is 2.22. The first-order valence-corrected chi connectivity index (χ1v) is 9.19. The smallest absolute Gasteiger partial charge is 0.273 e. The van der Waals surface area contributed by atoms with Gasteiger partial charge < -0.3 is 15.5 Å². The first-order valence-electron chi connectivity index (χ1n) is 9.19. The third-order valence-electron chi connectivity index (χ3n) is 5.09. The Hall–Kier alpha value is -2.55. The first kappa shape index (κ1) is 19.2. The van der Waals surface area contributed by atoms with Crippen molar-refractivity contribution < 1.29 is 18.9 Å². The molecular weight excluding hydrogens is 355 g/mol. The predicted molar refractivity (Wildman–Crippen MR) is 95.7 cm³/mol. The summed E-state index contributed by atoms with van der Waals surface area (Å²) < 4.78 is 13.6. The van der Waals surface area contributed by atoms with Crippen molar-refractivity contribution >= 4 is 17.5 Å². The van der Waals surface area contributed by atoms with Crippen molar-refractivity contribution in [2.24, 2.45) is 5.92 Å². The van der Waals surface area contributed by atoms with Crippen LogP contribution in [-0.4, -0.2) is 53.9 Å². The summed E-state index contributed by atoms with van der Waals surface area (Å²) in [4.78, 5) is 36.5. The van der Waals surface area contributed by atoms with Gasteiger partial charge in [-0.1, -0.05) is 0 Å². The number of nitrogens with zero attached hydrogens (tertiary/aromatic N) is 2. The molecule has 146 valence electrons. The lowest BCUT2D eigenvalue weighted by Gasteiger charge is -2.33. The number of rotatable bonds is 5. The second-order valence-corrected chi connectivity index (χ2v) is 7.11. The lowest BCUT2D eigenvalue weighted by molar-refractivity contribution is -0.385. The molecule has 2 aliphatic rings. The number of nitrogens with one attached hydrogen (secondary N) is 2. The van der Waals surface area contributed by atoms with Crippen LogP contribution in [0, 0.1) is 21.8 Å². The normalized spacial score (nSPS) is 22.5. The van der Waals surface area contributed by atoms with E-state index in [1.807, 2.05) is 0 Å². The Morgan fingerprint density at radius 3 is 2.81 bits per heavy atom. The zero-order valence-corrected chi connectivity index (χ0v) is 14.9. The summed E-state index contributed by atoms with van der Waals surface area (Å²) in [5.74, 6) is -1.14. The maximum atomic E-state index is 13.6. The zero-order valence-electron chi connectivity index (χ0n) is 14.9. The molecule has 2 saturated heterocycles. The van der Waals surface area contributed by atoms with Crippen LogP contribution in [0.3, 0.4) is 0 Å². The number of piperidine rings is 1. The molecule has 2 amide bonds. The summed E-state index contributed by atoms with van der Waals surface area (Å²) in [6.07, 6.45) is 3.47. The molecule has 2 atom stereocenters. The van der Waals surface area contributed by atoms with E-state index < -0.39 is 22.3 Å². The van der Waals surface area contributed by atoms with E-state index in [2.05, 4.69) is 10.6 Å². The van der Waals surface area contributed by atoms with Crippen molar-refractivity contribution in [3.05, 3.63) is 39.7 Å². The molecule has 0 saturated carbocycles. The van der Waals surface area contributed by atoms with E-state index in [0.29, 0.717) is 19.6 Å². The van der Waals surface area contributed by atoms with Crippen LogP contribution < -0.4 is 10.6 Å². The van der Waals surface area contributed by atoms with Crippen LogP contribution in [0.4, 0.5) is 10.1 Å². The number of hydrogen-bond acceptors (Lipinski definition) is 5. The number of halogens is 1. The largest absolute Gasteiger partial charge is 0.354 e. The van der Waals surface area contributed by atoms with Gasteiger partial charge in [0.1, 0.15) is 5.82 Å². The second-order valence-electron chi connectivity index (χ2n) is 7.11. The molecule has 2 aliphatic heterocycles. The summed E-state index contributed by atoms with van der Waals surface area (Å²) in [7, 11) is 0. The van der Waals surface area contributed by atoms with Gasteiger partial charge in [0, 0.05) is 31.3 Å². The topological polar surface area (TPSA) is 105 Å². The number of nitro groups is 1. The third-order valence-corrected chi connectivity index (χ3v) is 5.09. The summed E-state index contributed by atoms with van der Waals surface area (Å²) in [5.41, 5.74) is -0.468. The van der Waals surface area contributed by atoms with Crippen LogP contribution in [0.1, 0.15) is 36.0 Å². The Morgan fingerprint density at radius 2 is 2.11 bits per heavy atom. The number of carbonyl (C=O) groups is 2.